The Kier molecular flexibility index (Phi) is 4.72. The molecule has 0 unspecified atom stereocenters. The first kappa shape index (κ1) is 17.4. The number of anilines is 1. The number of hydrogen-bond acceptors (Lipinski definition) is 4. The van der Waals surface area contributed by atoms with Gasteiger partial charge in [0.2, 0.25) is 0 Å². The number of primary amides is 1. The summed E-state index contributed by atoms with van der Waals surface area (Å²) in [6.45, 7) is 4.06. The summed E-state index contributed by atoms with van der Waals surface area (Å²) in [5.74, 6) is -0.615. The van der Waals surface area contributed by atoms with E-state index in [-0.39, 0.29) is 11.3 Å². The van der Waals surface area contributed by atoms with Gasteiger partial charge in [0.15, 0.2) is 5.71 Å². The highest BCUT2D eigenvalue weighted by Crippen LogP contribution is 2.27. The second-order valence-electron chi connectivity index (χ2n) is 6.55. The van der Waals surface area contributed by atoms with Crippen LogP contribution in [0.1, 0.15) is 25.0 Å². The standard InChI is InChI=1S/C19H19BrN4O/c1-19(2)11-12-5-3-4-6-15(12)16(22-19)17(18(21)25)24-23-14-9-7-13(20)8-10-14/h3-10,23H,11H2,1-2H3,(H2,21,25)/b24-17-. The van der Waals surface area contributed by atoms with E-state index >= 15 is 0 Å². The van der Waals surface area contributed by atoms with E-state index in [1.807, 2.05) is 62.4 Å². The number of nitrogens with two attached hydrogens (primary N) is 1. The van der Waals surface area contributed by atoms with Gasteiger partial charge in [0.25, 0.3) is 5.91 Å². The van der Waals surface area contributed by atoms with Crippen LogP contribution in [0.25, 0.3) is 0 Å². The molecule has 25 heavy (non-hydrogen) atoms. The van der Waals surface area contributed by atoms with E-state index in [0.29, 0.717) is 5.71 Å². The van der Waals surface area contributed by atoms with Crippen molar-refractivity contribution < 1.29 is 4.79 Å². The SMILES string of the molecule is CC1(C)Cc2ccccc2C(/C(=N/Nc2ccc(Br)cc2)C(N)=O)=N1. The van der Waals surface area contributed by atoms with Crippen LogP contribution in [0.3, 0.4) is 0 Å². The van der Waals surface area contributed by atoms with Gasteiger partial charge >= 0.3 is 0 Å². The normalized spacial score (nSPS) is 16.0. The topological polar surface area (TPSA) is 79.8 Å². The van der Waals surface area contributed by atoms with Crippen LogP contribution in [-0.2, 0) is 11.2 Å². The van der Waals surface area contributed by atoms with Crippen LogP contribution in [0.15, 0.2) is 63.1 Å². The van der Waals surface area contributed by atoms with Crippen molar-refractivity contribution in [2.45, 2.75) is 25.8 Å². The van der Waals surface area contributed by atoms with Crippen LogP contribution < -0.4 is 11.2 Å². The maximum absolute atomic E-state index is 12.1. The smallest absolute Gasteiger partial charge is 0.271 e. The molecule has 0 aliphatic carbocycles. The molecule has 0 fully saturated rings. The number of nitrogens with zero attached hydrogens (tertiary/aromatic N) is 2. The fourth-order valence-electron chi connectivity index (χ4n) is 2.82. The Morgan fingerprint density at radius 3 is 2.56 bits per heavy atom. The maximum Gasteiger partial charge on any atom is 0.271 e. The highest BCUT2D eigenvalue weighted by Gasteiger charge is 2.30. The van der Waals surface area contributed by atoms with E-state index in [9.17, 15) is 4.79 Å². The molecular weight excluding hydrogens is 380 g/mol. The average molecular weight is 399 g/mol. The quantitative estimate of drug-likeness (QED) is 0.610. The molecule has 5 nitrogen and oxygen atoms in total. The van der Waals surface area contributed by atoms with Gasteiger partial charge in [0, 0.05) is 10.0 Å². The number of rotatable bonds is 4. The number of aliphatic imine (C=N–C) groups is 1. The molecule has 1 heterocycles. The molecule has 3 rings (SSSR count). The van der Waals surface area contributed by atoms with Gasteiger partial charge in [-0.15, -0.1) is 0 Å². The molecule has 6 heteroatoms. The molecule has 0 atom stereocenters. The molecule has 2 aromatic rings. The minimum atomic E-state index is -0.615. The van der Waals surface area contributed by atoms with Crippen LogP contribution in [0.4, 0.5) is 5.69 Å². The molecular formula is C19H19BrN4O. The molecule has 1 aliphatic rings. The average Bonchev–Trinajstić information content (AvgIpc) is 2.55. The Morgan fingerprint density at radius 1 is 1.20 bits per heavy atom. The van der Waals surface area contributed by atoms with Crippen LogP contribution in [0.2, 0.25) is 0 Å². The van der Waals surface area contributed by atoms with E-state index in [0.717, 1.165) is 27.7 Å². The van der Waals surface area contributed by atoms with E-state index < -0.39 is 5.91 Å². The Balaban J connectivity index is 2.02. The molecule has 0 spiro atoms. The molecule has 3 N–H and O–H groups in total. The van der Waals surface area contributed by atoms with Gasteiger partial charge in [-0.05, 0) is 50.1 Å². The summed E-state index contributed by atoms with van der Waals surface area (Å²) in [7, 11) is 0. The summed E-state index contributed by atoms with van der Waals surface area (Å²) in [6.07, 6.45) is 0.804. The third-order valence-corrected chi connectivity index (χ3v) is 4.44. The Bertz CT molecular complexity index is 869. The number of carbonyl (C=O) groups is 1. The molecule has 1 aliphatic heterocycles. The van der Waals surface area contributed by atoms with E-state index in [1.165, 1.54) is 0 Å². The van der Waals surface area contributed by atoms with Gasteiger partial charge in [0.1, 0.15) is 0 Å². The summed E-state index contributed by atoms with van der Waals surface area (Å²) in [4.78, 5) is 16.8. The van der Waals surface area contributed by atoms with Gasteiger partial charge < -0.3 is 5.73 Å². The molecule has 128 valence electrons. The number of fused-ring (bicyclic) bond motifs is 1. The fraction of sp³-hybridized carbons (Fsp3) is 0.211. The molecule has 0 saturated heterocycles. The third kappa shape index (κ3) is 3.96. The first-order valence-corrected chi connectivity index (χ1v) is 8.73. The number of nitrogens with one attached hydrogen (secondary N) is 1. The lowest BCUT2D eigenvalue weighted by Crippen LogP contribution is -2.38. The lowest BCUT2D eigenvalue weighted by molar-refractivity contribution is -0.111. The van der Waals surface area contributed by atoms with Gasteiger partial charge in [-0.2, -0.15) is 5.10 Å². The van der Waals surface area contributed by atoms with Crippen LogP contribution in [-0.4, -0.2) is 22.9 Å². The van der Waals surface area contributed by atoms with Crippen molar-refractivity contribution in [3.05, 3.63) is 64.1 Å². The summed E-state index contributed by atoms with van der Waals surface area (Å²) in [5.41, 5.74) is 11.6. The van der Waals surface area contributed by atoms with Crippen LogP contribution in [0, 0.1) is 0 Å². The van der Waals surface area contributed by atoms with Crippen molar-refractivity contribution in [2.75, 3.05) is 5.43 Å². The summed E-state index contributed by atoms with van der Waals surface area (Å²) in [6, 6.07) is 15.4. The van der Waals surface area contributed by atoms with Gasteiger partial charge in [-0.1, -0.05) is 40.2 Å². The fourth-order valence-corrected chi connectivity index (χ4v) is 3.09. The molecule has 0 aromatic heterocycles. The highest BCUT2D eigenvalue weighted by molar-refractivity contribution is 9.10. The molecule has 0 bridgehead atoms. The zero-order chi connectivity index (χ0) is 18.0. The Labute approximate surface area is 155 Å². The third-order valence-electron chi connectivity index (χ3n) is 3.91. The molecule has 2 aromatic carbocycles. The second-order valence-corrected chi connectivity index (χ2v) is 7.47. The van der Waals surface area contributed by atoms with Gasteiger partial charge in [-0.25, -0.2) is 0 Å². The maximum atomic E-state index is 12.1. The van der Waals surface area contributed by atoms with Crippen molar-refractivity contribution in [1.82, 2.24) is 0 Å². The highest BCUT2D eigenvalue weighted by atomic mass is 79.9. The van der Waals surface area contributed by atoms with Crippen LogP contribution in [0.5, 0.6) is 0 Å². The monoisotopic (exact) mass is 398 g/mol. The van der Waals surface area contributed by atoms with Crippen molar-refractivity contribution in [3.63, 3.8) is 0 Å². The largest absolute Gasteiger partial charge is 0.364 e. The Hall–Kier alpha value is -2.47. The summed E-state index contributed by atoms with van der Waals surface area (Å²) >= 11 is 3.38. The van der Waals surface area contributed by atoms with Crippen molar-refractivity contribution in [1.29, 1.82) is 0 Å². The zero-order valence-corrected chi connectivity index (χ0v) is 15.7. The van der Waals surface area contributed by atoms with E-state index in [1.54, 1.807) is 0 Å². The number of hydrogen-bond donors (Lipinski definition) is 2. The number of halogens is 1. The van der Waals surface area contributed by atoms with Gasteiger partial charge in [0.05, 0.1) is 16.9 Å². The molecule has 0 radical (unpaired) electrons. The van der Waals surface area contributed by atoms with E-state index in [4.69, 9.17) is 10.7 Å². The minimum absolute atomic E-state index is 0.128. The van der Waals surface area contributed by atoms with Gasteiger partial charge in [-0.3, -0.25) is 15.2 Å². The first-order chi connectivity index (χ1) is 11.9. The predicted molar refractivity (Wildman–Crippen MR) is 105 cm³/mol. The first-order valence-electron chi connectivity index (χ1n) is 7.93. The van der Waals surface area contributed by atoms with E-state index in [2.05, 4.69) is 26.5 Å². The number of carbonyl (C=O) groups excluding carboxylic acids is 1. The predicted octanol–water partition coefficient (Wildman–Crippen LogP) is 3.53. The second kappa shape index (κ2) is 6.80. The number of hydrazone groups is 1. The number of benzene rings is 2. The lowest BCUT2D eigenvalue weighted by Gasteiger charge is -2.28. The van der Waals surface area contributed by atoms with Crippen molar-refractivity contribution >= 4 is 38.9 Å². The minimum Gasteiger partial charge on any atom is -0.364 e. The molecule has 0 saturated carbocycles. The zero-order valence-electron chi connectivity index (χ0n) is 14.1. The van der Waals surface area contributed by atoms with Crippen LogP contribution >= 0.6 is 15.9 Å². The number of amides is 1. The van der Waals surface area contributed by atoms with Crippen molar-refractivity contribution in [3.8, 4) is 0 Å². The Morgan fingerprint density at radius 2 is 1.88 bits per heavy atom. The van der Waals surface area contributed by atoms with Crippen molar-refractivity contribution in [2.24, 2.45) is 15.8 Å². The summed E-state index contributed by atoms with van der Waals surface area (Å²) < 4.78 is 0.962. The summed E-state index contributed by atoms with van der Waals surface area (Å²) in [5, 5.41) is 4.26. The lowest BCUT2D eigenvalue weighted by atomic mass is 9.85. The molecule has 1 amide bonds.